The van der Waals surface area contributed by atoms with Crippen molar-refractivity contribution < 1.29 is 12.8 Å². The number of hydrogen-bond acceptors (Lipinski definition) is 3. The van der Waals surface area contributed by atoms with E-state index in [-0.39, 0.29) is 17.1 Å². The van der Waals surface area contributed by atoms with E-state index in [1.165, 1.54) is 25.7 Å². The van der Waals surface area contributed by atoms with Crippen LogP contribution in [0.4, 0.5) is 0 Å². The van der Waals surface area contributed by atoms with Crippen molar-refractivity contribution in [3.63, 3.8) is 0 Å². The van der Waals surface area contributed by atoms with Gasteiger partial charge in [0.2, 0.25) is 0 Å². The second kappa shape index (κ2) is 7.64. The van der Waals surface area contributed by atoms with E-state index < -0.39 is 18.2 Å². The molecule has 0 heterocycles. The summed E-state index contributed by atoms with van der Waals surface area (Å²) in [7, 11) is -4.79. The van der Waals surface area contributed by atoms with Crippen molar-refractivity contribution in [2.24, 2.45) is 23.2 Å². The molecule has 2 aliphatic rings. The van der Waals surface area contributed by atoms with Gasteiger partial charge in [0.1, 0.15) is 0 Å². The molecule has 0 unspecified atom stereocenters. The zero-order valence-electron chi connectivity index (χ0n) is 17.6. The van der Waals surface area contributed by atoms with Gasteiger partial charge in [-0.15, -0.1) is 0 Å². The van der Waals surface area contributed by atoms with E-state index in [0.717, 1.165) is 6.42 Å². The standard InChI is InChI=1S/C22H36O3SSi/c1-17(16-26(23,24)18-10-7-6-8-11-18)19-13-14-20-21(25-27(3,4)5)12-9-15-22(19,20)2/h6-8,10-11,17,19-21H,9,12-16H2,1-5H3/t17-,19-,20+,21+,22-/m1/s1. The maximum absolute atomic E-state index is 12.9. The molecule has 0 spiro atoms. The fourth-order valence-corrected chi connectivity index (χ4v) is 8.76. The van der Waals surface area contributed by atoms with Crippen LogP contribution in [0.25, 0.3) is 0 Å². The molecule has 2 saturated carbocycles. The van der Waals surface area contributed by atoms with Gasteiger partial charge in [0.15, 0.2) is 18.2 Å². The Kier molecular flexibility index (Phi) is 5.96. The molecule has 5 heteroatoms. The quantitative estimate of drug-likeness (QED) is 0.581. The average molecular weight is 409 g/mol. The summed E-state index contributed by atoms with van der Waals surface area (Å²) < 4.78 is 32.4. The summed E-state index contributed by atoms with van der Waals surface area (Å²) in [4.78, 5) is 0.458. The lowest BCUT2D eigenvalue weighted by Crippen LogP contribution is -2.46. The van der Waals surface area contributed by atoms with Crippen molar-refractivity contribution in [1.82, 2.24) is 0 Å². The summed E-state index contributed by atoms with van der Waals surface area (Å²) in [6, 6.07) is 8.93. The van der Waals surface area contributed by atoms with Gasteiger partial charge in [0.25, 0.3) is 0 Å². The maximum atomic E-state index is 12.9. The van der Waals surface area contributed by atoms with Crippen LogP contribution in [0.1, 0.15) is 46.0 Å². The maximum Gasteiger partial charge on any atom is 0.184 e. The van der Waals surface area contributed by atoms with E-state index in [2.05, 4.69) is 33.5 Å². The third kappa shape index (κ3) is 4.51. The van der Waals surface area contributed by atoms with Crippen molar-refractivity contribution in [1.29, 1.82) is 0 Å². The third-order valence-electron chi connectivity index (χ3n) is 6.91. The van der Waals surface area contributed by atoms with E-state index in [1.807, 2.05) is 18.2 Å². The molecule has 152 valence electrons. The Hall–Kier alpha value is -0.653. The van der Waals surface area contributed by atoms with Crippen LogP contribution in [0.2, 0.25) is 19.6 Å². The average Bonchev–Trinajstić information content (AvgIpc) is 2.92. The van der Waals surface area contributed by atoms with Crippen LogP contribution in [0, 0.1) is 23.2 Å². The second-order valence-corrected chi connectivity index (χ2v) is 16.5. The summed E-state index contributed by atoms with van der Waals surface area (Å²) in [5.74, 6) is 1.48. The number of sulfone groups is 1. The molecule has 0 bridgehead atoms. The molecule has 2 fully saturated rings. The SMILES string of the molecule is C[C@H](CS(=O)(=O)c1ccccc1)[C@H]1CC[C@H]2[C@@H](O[Si](C)(C)C)CCC[C@]12C. The van der Waals surface area contributed by atoms with Gasteiger partial charge >= 0.3 is 0 Å². The summed E-state index contributed by atoms with van der Waals surface area (Å²) in [5.41, 5.74) is 0.216. The minimum absolute atomic E-state index is 0.177. The first-order valence-electron chi connectivity index (χ1n) is 10.5. The van der Waals surface area contributed by atoms with Crippen LogP contribution in [0.3, 0.4) is 0 Å². The highest BCUT2D eigenvalue weighted by Crippen LogP contribution is 2.58. The molecule has 0 amide bonds. The smallest absolute Gasteiger partial charge is 0.184 e. The number of hydrogen-bond donors (Lipinski definition) is 0. The molecule has 0 radical (unpaired) electrons. The number of rotatable bonds is 6. The molecular formula is C22H36O3SSi. The lowest BCUT2D eigenvalue weighted by molar-refractivity contribution is -0.0156. The van der Waals surface area contributed by atoms with Crippen LogP contribution in [0.5, 0.6) is 0 Å². The zero-order chi connectivity index (χ0) is 19.9. The summed E-state index contributed by atoms with van der Waals surface area (Å²) in [6.45, 7) is 11.4. The first kappa shape index (κ1) is 21.1. The highest BCUT2D eigenvalue weighted by Gasteiger charge is 2.53. The monoisotopic (exact) mass is 408 g/mol. The highest BCUT2D eigenvalue weighted by molar-refractivity contribution is 7.91. The van der Waals surface area contributed by atoms with Crippen molar-refractivity contribution in [2.45, 2.75) is 76.6 Å². The number of benzene rings is 1. The predicted molar refractivity (Wildman–Crippen MR) is 114 cm³/mol. The first-order chi connectivity index (χ1) is 12.5. The molecule has 0 N–H and O–H groups in total. The van der Waals surface area contributed by atoms with Crippen molar-refractivity contribution in [3.8, 4) is 0 Å². The molecule has 3 rings (SSSR count). The zero-order valence-corrected chi connectivity index (χ0v) is 19.4. The minimum Gasteiger partial charge on any atom is -0.414 e. The molecule has 5 atom stereocenters. The van der Waals surface area contributed by atoms with Gasteiger partial charge in [-0.1, -0.05) is 38.5 Å². The van der Waals surface area contributed by atoms with Crippen LogP contribution in [-0.2, 0) is 14.3 Å². The molecule has 27 heavy (non-hydrogen) atoms. The topological polar surface area (TPSA) is 43.4 Å². The van der Waals surface area contributed by atoms with E-state index in [9.17, 15) is 8.42 Å². The molecule has 0 aromatic heterocycles. The fraction of sp³-hybridized carbons (Fsp3) is 0.727. The Morgan fingerprint density at radius 1 is 1.15 bits per heavy atom. The molecule has 2 aliphatic carbocycles. The van der Waals surface area contributed by atoms with E-state index in [0.29, 0.717) is 22.8 Å². The van der Waals surface area contributed by atoms with Crippen molar-refractivity contribution >= 4 is 18.2 Å². The van der Waals surface area contributed by atoms with E-state index in [4.69, 9.17) is 4.43 Å². The predicted octanol–water partition coefficient (Wildman–Crippen LogP) is 5.53. The molecule has 1 aromatic rings. The van der Waals surface area contributed by atoms with Gasteiger partial charge in [-0.25, -0.2) is 8.42 Å². The van der Waals surface area contributed by atoms with E-state index in [1.54, 1.807) is 12.1 Å². The molecular weight excluding hydrogens is 372 g/mol. The van der Waals surface area contributed by atoms with Crippen LogP contribution < -0.4 is 0 Å². The summed E-state index contributed by atoms with van der Waals surface area (Å²) >= 11 is 0. The summed E-state index contributed by atoms with van der Waals surface area (Å²) in [6.07, 6.45) is 6.29. The van der Waals surface area contributed by atoms with Crippen LogP contribution in [0.15, 0.2) is 35.2 Å². The van der Waals surface area contributed by atoms with Crippen LogP contribution >= 0.6 is 0 Å². The molecule has 3 nitrogen and oxygen atoms in total. The highest BCUT2D eigenvalue weighted by atomic mass is 32.2. The van der Waals surface area contributed by atoms with Crippen molar-refractivity contribution in [2.75, 3.05) is 5.75 Å². The first-order valence-corrected chi connectivity index (χ1v) is 15.5. The Labute approximate surface area is 167 Å². The van der Waals surface area contributed by atoms with Gasteiger partial charge < -0.3 is 4.43 Å². The minimum atomic E-state index is -3.23. The number of fused-ring (bicyclic) bond motifs is 1. The Morgan fingerprint density at radius 2 is 1.81 bits per heavy atom. The lowest BCUT2D eigenvalue weighted by atomic mass is 9.62. The molecule has 0 saturated heterocycles. The molecule has 0 aliphatic heterocycles. The van der Waals surface area contributed by atoms with E-state index >= 15 is 0 Å². The Bertz CT molecular complexity index is 741. The van der Waals surface area contributed by atoms with Gasteiger partial charge in [-0.2, -0.15) is 0 Å². The fourth-order valence-electron chi connectivity index (χ4n) is 5.88. The lowest BCUT2D eigenvalue weighted by Gasteiger charge is -2.47. The third-order valence-corrected chi connectivity index (χ3v) is 9.88. The molecule has 1 aromatic carbocycles. The van der Waals surface area contributed by atoms with Gasteiger partial charge in [-0.3, -0.25) is 0 Å². The normalized spacial score (nSPS) is 32.9. The Balaban J connectivity index is 1.76. The van der Waals surface area contributed by atoms with Gasteiger partial charge in [-0.05, 0) is 80.6 Å². The summed E-state index contributed by atoms with van der Waals surface area (Å²) in [5, 5.41) is 0. The largest absolute Gasteiger partial charge is 0.414 e. The van der Waals surface area contributed by atoms with Crippen molar-refractivity contribution in [3.05, 3.63) is 30.3 Å². The van der Waals surface area contributed by atoms with Gasteiger partial charge in [0.05, 0.1) is 10.6 Å². The van der Waals surface area contributed by atoms with Crippen LogP contribution in [-0.4, -0.2) is 28.6 Å². The van der Waals surface area contributed by atoms with Gasteiger partial charge in [0, 0.05) is 6.10 Å². The Morgan fingerprint density at radius 3 is 2.44 bits per heavy atom. The second-order valence-electron chi connectivity index (χ2n) is 10.0.